The predicted octanol–water partition coefficient (Wildman–Crippen LogP) is 2.77. The molecule has 0 bridgehead atoms. The van der Waals surface area contributed by atoms with Gasteiger partial charge in [0.05, 0.1) is 0 Å². The van der Waals surface area contributed by atoms with Gasteiger partial charge in [-0.05, 0) is 43.4 Å². The van der Waals surface area contributed by atoms with Crippen molar-refractivity contribution in [1.29, 1.82) is 0 Å². The van der Waals surface area contributed by atoms with Crippen LogP contribution in [-0.4, -0.2) is 25.1 Å². The molecule has 0 fully saturated rings. The second-order valence-electron chi connectivity index (χ2n) is 3.96. The molecule has 0 rings (SSSR count). The van der Waals surface area contributed by atoms with Crippen molar-refractivity contribution in [3.8, 4) is 0 Å². The van der Waals surface area contributed by atoms with Gasteiger partial charge in [-0.3, -0.25) is 0 Å². The Bertz CT molecular complexity index is 102. The van der Waals surface area contributed by atoms with Gasteiger partial charge in [-0.1, -0.05) is 20.8 Å². The second-order valence-corrected chi connectivity index (χ2v) is 5.36. The van der Waals surface area contributed by atoms with Crippen molar-refractivity contribution in [1.82, 2.24) is 5.32 Å². The quantitative estimate of drug-likeness (QED) is 0.618. The predicted molar refractivity (Wildman–Crippen MR) is 59.9 cm³/mol. The van der Waals surface area contributed by atoms with Gasteiger partial charge in [-0.25, -0.2) is 0 Å². The van der Waals surface area contributed by atoms with Crippen LogP contribution in [0.5, 0.6) is 0 Å². The minimum absolute atomic E-state index is 0.519. The summed E-state index contributed by atoms with van der Waals surface area (Å²) in [5.74, 6) is 2.56. The SMILES string of the molecule is CCSCCC(C)(C)CCNC. The fourth-order valence-electron chi connectivity index (χ4n) is 1.08. The van der Waals surface area contributed by atoms with Crippen LogP contribution in [0.1, 0.15) is 33.6 Å². The Hall–Kier alpha value is 0.310. The lowest BCUT2D eigenvalue weighted by atomic mass is 9.86. The van der Waals surface area contributed by atoms with Crippen LogP contribution in [0.15, 0.2) is 0 Å². The summed E-state index contributed by atoms with van der Waals surface area (Å²) in [5.41, 5.74) is 0.519. The van der Waals surface area contributed by atoms with E-state index in [9.17, 15) is 0 Å². The zero-order valence-electron chi connectivity index (χ0n) is 8.94. The monoisotopic (exact) mass is 189 g/mol. The van der Waals surface area contributed by atoms with Gasteiger partial charge in [-0.15, -0.1) is 0 Å². The van der Waals surface area contributed by atoms with E-state index in [4.69, 9.17) is 0 Å². The summed E-state index contributed by atoms with van der Waals surface area (Å²) in [6.45, 7) is 8.09. The third-order valence-corrected chi connectivity index (χ3v) is 3.08. The molecule has 2 heteroatoms. The van der Waals surface area contributed by atoms with Gasteiger partial charge in [0, 0.05) is 0 Å². The van der Waals surface area contributed by atoms with Crippen molar-refractivity contribution >= 4 is 11.8 Å². The van der Waals surface area contributed by atoms with Gasteiger partial charge in [0.25, 0.3) is 0 Å². The third-order valence-electron chi connectivity index (χ3n) is 2.18. The number of hydrogen-bond donors (Lipinski definition) is 1. The molecule has 0 radical (unpaired) electrons. The lowest BCUT2D eigenvalue weighted by Crippen LogP contribution is -2.20. The molecule has 0 heterocycles. The van der Waals surface area contributed by atoms with Gasteiger partial charge < -0.3 is 5.32 Å². The Morgan fingerprint density at radius 2 is 1.92 bits per heavy atom. The largest absolute Gasteiger partial charge is 0.320 e. The molecule has 0 aliphatic heterocycles. The van der Waals surface area contributed by atoms with E-state index in [1.165, 1.54) is 24.3 Å². The van der Waals surface area contributed by atoms with Gasteiger partial charge in [0.15, 0.2) is 0 Å². The van der Waals surface area contributed by atoms with Crippen molar-refractivity contribution < 1.29 is 0 Å². The smallest absolute Gasteiger partial charge is 0.00468 e. The van der Waals surface area contributed by atoms with Gasteiger partial charge in [0.1, 0.15) is 0 Å². The van der Waals surface area contributed by atoms with Gasteiger partial charge in [0.2, 0.25) is 0 Å². The van der Waals surface area contributed by atoms with Crippen LogP contribution in [0.2, 0.25) is 0 Å². The lowest BCUT2D eigenvalue weighted by molar-refractivity contribution is 0.322. The van der Waals surface area contributed by atoms with E-state index in [0.717, 1.165) is 6.54 Å². The Morgan fingerprint density at radius 1 is 1.25 bits per heavy atom. The Balaban J connectivity index is 3.42. The molecular weight excluding hydrogens is 166 g/mol. The highest BCUT2D eigenvalue weighted by atomic mass is 32.2. The molecule has 0 aromatic heterocycles. The first-order valence-electron chi connectivity index (χ1n) is 4.85. The molecule has 0 saturated carbocycles. The lowest BCUT2D eigenvalue weighted by Gasteiger charge is -2.24. The normalized spacial score (nSPS) is 12.0. The Kier molecular flexibility index (Phi) is 6.96. The van der Waals surface area contributed by atoms with E-state index in [2.05, 4.69) is 26.1 Å². The summed E-state index contributed by atoms with van der Waals surface area (Å²) >= 11 is 2.05. The number of thioether (sulfide) groups is 1. The molecule has 0 saturated heterocycles. The van der Waals surface area contributed by atoms with E-state index in [0.29, 0.717) is 5.41 Å². The van der Waals surface area contributed by atoms with E-state index in [1.807, 2.05) is 18.8 Å². The summed E-state index contributed by atoms with van der Waals surface area (Å²) in [6, 6.07) is 0. The van der Waals surface area contributed by atoms with E-state index in [1.54, 1.807) is 0 Å². The molecule has 12 heavy (non-hydrogen) atoms. The van der Waals surface area contributed by atoms with Crippen LogP contribution in [0, 0.1) is 5.41 Å². The maximum atomic E-state index is 3.21. The Morgan fingerprint density at radius 3 is 2.42 bits per heavy atom. The molecule has 0 aliphatic carbocycles. The third kappa shape index (κ3) is 6.99. The summed E-state index contributed by atoms with van der Waals surface area (Å²) in [4.78, 5) is 0. The van der Waals surface area contributed by atoms with E-state index >= 15 is 0 Å². The summed E-state index contributed by atoms with van der Waals surface area (Å²) in [7, 11) is 2.02. The highest BCUT2D eigenvalue weighted by Gasteiger charge is 2.15. The molecule has 0 aromatic carbocycles. The Labute approximate surface area is 81.7 Å². The second kappa shape index (κ2) is 6.79. The van der Waals surface area contributed by atoms with Crippen LogP contribution in [0.3, 0.4) is 0 Å². The van der Waals surface area contributed by atoms with E-state index < -0.39 is 0 Å². The molecule has 74 valence electrons. The maximum absolute atomic E-state index is 3.21. The highest BCUT2D eigenvalue weighted by Crippen LogP contribution is 2.26. The molecule has 0 spiro atoms. The van der Waals surface area contributed by atoms with Crippen molar-refractivity contribution in [2.75, 3.05) is 25.1 Å². The van der Waals surface area contributed by atoms with Crippen molar-refractivity contribution in [2.24, 2.45) is 5.41 Å². The molecule has 1 nitrogen and oxygen atoms in total. The molecule has 0 unspecified atom stereocenters. The van der Waals surface area contributed by atoms with Crippen molar-refractivity contribution in [2.45, 2.75) is 33.6 Å². The standard InChI is InChI=1S/C10H23NS/c1-5-12-9-7-10(2,3)6-8-11-4/h11H,5-9H2,1-4H3. The molecule has 1 N–H and O–H groups in total. The van der Waals surface area contributed by atoms with Crippen LogP contribution in [-0.2, 0) is 0 Å². The minimum atomic E-state index is 0.519. The average Bonchev–Trinajstić information content (AvgIpc) is 2.01. The van der Waals surface area contributed by atoms with Crippen LogP contribution in [0.25, 0.3) is 0 Å². The molecule has 0 aliphatic rings. The summed E-state index contributed by atoms with van der Waals surface area (Å²) < 4.78 is 0. The minimum Gasteiger partial charge on any atom is -0.320 e. The first-order chi connectivity index (χ1) is 5.62. The topological polar surface area (TPSA) is 12.0 Å². The number of rotatable bonds is 7. The van der Waals surface area contributed by atoms with E-state index in [-0.39, 0.29) is 0 Å². The fraction of sp³-hybridized carbons (Fsp3) is 1.00. The molecule has 0 aromatic rings. The summed E-state index contributed by atoms with van der Waals surface area (Å²) in [5, 5.41) is 3.21. The molecule has 0 atom stereocenters. The van der Waals surface area contributed by atoms with Crippen molar-refractivity contribution in [3.63, 3.8) is 0 Å². The zero-order chi connectivity index (χ0) is 9.45. The zero-order valence-corrected chi connectivity index (χ0v) is 9.76. The first-order valence-corrected chi connectivity index (χ1v) is 6.00. The van der Waals surface area contributed by atoms with Crippen LogP contribution >= 0.6 is 11.8 Å². The summed E-state index contributed by atoms with van der Waals surface area (Å²) in [6.07, 6.45) is 2.63. The highest BCUT2D eigenvalue weighted by molar-refractivity contribution is 7.99. The van der Waals surface area contributed by atoms with Crippen LogP contribution in [0.4, 0.5) is 0 Å². The molecule has 0 amide bonds. The van der Waals surface area contributed by atoms with Crippen molar-refractivity contribution in [3.05, 3.63) is 0 Å². The fourth-order valence-corrected chi connectivity index (χ4v) is 2.07. The van der Waals surface area contributed by atoms with Crippen LogP contribution < -0.4 is 5.32 Å². The maximum Gasteiger partial charge on any atom is -0.00468 e. The average molecular weight is 189 g/mol. The number of hydrogen-bond acceptors (Lipinski definition) is 2. The number of nitrogens with one attached hydrogen (secondary N) is 1. The van der Waals surface area contributed by atoms with Gasteiger partial charge >= 0.3 is 0 Å². The van der Waals surface area contributed by atoms with Gasteiger partial charge in [-0.2, -0.15) is 11.8 Å². The first kappa shape index (κ1) is 12.3. The molecular formula is C10H23NS.